The first-order chi connectivity index (χ1) is 8.74. The molecule has 1 aliphatic carbocycles. The van der Waals surface area contributed by atoms with Gasteiger partial charge in [0.2, 0.25) is 0 Å². The van der Waals surface area contributed by atoms with Gasteiger partial charge in [-0.15, -0.1) is 6.58 Å². The third-order valence-corrected chi connectivity index (χ3v) is 3.44. The van der Waals surface area contributed by atoms with Gasteiger partial charge in [-0.3, -0.25) is 0 Å². The maximum atomic E-state index is 6.18. The van der Waals surface area contributed by atoms with Crippen LogP contribution in [-0.4, -0.2) is 24.1 Å². The highest BCUT2D eigenvalue weighted by atomic mass is 35.5. The number of nitrogens with one attached hydrogen (secondary N) is 1. The van der Waals surface area contributed by atoms with Crippen molar-refractivity contribution >= 4 is 17.4 Å². The number of likely N-dealkylation sites (N-methyl/N-ethyl adjacent to an activating group) is 1. The van der Waals surface area contributed by atoms with Crippen LogP contribution < -0.4 is 10.2 Å². The molecular formula is C14H20ClN3. The minimum atomic E-state index is 0.668. The van der Waals surface area contributed by atoms with Gasteiger partial charge in [0.15, 0.2) is 0 Å². The van der Waals surface area contributed by atoms with Crippen LogP contribution in [0, 0.1) is 0 Å². The average molecular weight is 266 g/mol. The second-order valence-electron chi connectivity index (χ2n) is 4.58. The zero-order chi connectivity index (χ0) is 13.0. The fraction of sp³-hybridized carbons (Fsp3) is 0.500. The van der Waals surface area contributed by atoms with Crippen molar-refractivity contribution in [3.05, 3.63) is 35.5 Å². The first-order valence-electron chi connectivity index (χ1n) is 6.49. The van der Waals surface area contributed by atoms with Crippen LogP contribution in [0.4, 0.5) is 5.82 Å². The van der Waals surface area contributed by atoms with E-state index >= 15 is 0 Å². The summed E-state index contributed by atoms with van der Waals surface area (Å²) in [5.41, 5.74) is 0.934. The van der Waals surface area contributed by atoms with E-state index in [-0.39, 0.29) is 0 Å². The van der Waals surface area contributed by atoms with Gasteiger partial charge >= 0.3 is 0 Å². The highest BCUT2D eigenvalue weighted by molar-refractivity contribution is 6.31. The summed E-state index contributed by atoms with van der Waals surface area (Å²) < 4.78 is 0. The molecule has 1 aromatic rings. The molecule has 98 valence electrons. The fourth-order valence-electron chi connectivity index (χ4n) is 1.84. The van der Waals surface area contributed by atoms with Gasteiger partial charge in [0, 0.05) is 25.7 Å². The Bertz CT molecular complexity index is 416. The molecule has 1 fully saturated rings. The second kappa shape index (κ2) is 6.21. The van der Waals surface area contributed by atoms with Gasteiger partial charge in [-0.05, 0) is 31.9 Å². The molecule has 1 aromatic heterocycles. The van der Waals surface area contributed by atoms with E-state index in [1.54, 1.807) is 0 Å². The molecule has 4 heteroatoms. The van der Waals surface area contributed by atoms with Crippen LogP contribution in [0.2, 0.25) is 5.02 Å². The molecule has 1 heterocycles. The molecule has 0 aliphatic heterocycles. The number of hydrogen-bond acceptors (Lipinski definition) is 3. The summed E-state index contributed by atoms with van der Waals surface area (Å²) in [5.74, 6) is 0.967. The normalized spacial score (nSPS) is 14.6. The van der Waals surface area contributed by atoms with Crippen molar-refractivity contribution in [3.8, 4) is 0 Å². The van der Waals surface area contributed by atoms with Gasteiger partial charge in [-0.25, -0.2) is 4.98 Å². The lowest BCUT2D eigenvalue weighted by atomic mass is 10.3. The average Bonchev–Trinajstić information content (AvgIpc) is 3.19. The molecule has 0 spiro atoms. The van der Waals surface area contributed by atoms with Crippen molar-refractivity contribution in [2.75, 3.05) is 18.0 Å². The first-order valence-corrected chi connectivity index (χ1v) is 6.87. The summed E-state index contributed by atoms with van der Waals surface area (Å²) in [7, 11) is 0. The predicted molar refractivity (Wildman–Crippen MR) is 77.2 cm³/mol. The van der Waals surface area contributed by atoms with E-state index in [2.05, 4.69) is 28.7 Å². The van der Waals surface area contributed by atoms with E-state index in [0.717, 1.165) is 36.2 Å². The van der Waals surface area contributed by atoms with Gasteiger partial charge in [-0.2, -0.15) is 0 Å². The third-order valence-electron chi connectivity index (χ3n) is 3.09. The quantitative estimate of drug-likeness (QED) is 0.769. The molecule has 2 rings (SSSR count). The zero-order valence-corrected chi connectivity index (χ0v) is 11.6. The second-order valence-corrected chi connectivity index (χ2v) is 4.99. The van der Waals surface area contributed by atoms with E-state index < -0.39 is 0 Å². The molecule has 0 unspecified atom stereocenters. The summed E-state index contributed by atoms with van der Waals surface area (Å²) in [6.07, 6.45) is 4.44. The first kappa shape index (κ1) is 13.4. The molecule has 18 heavy (non-hydrogen) atoms. The Hall–Kier alpha value is -1.06. The van der Waals surface area contributed by atoms with E-state index in [1.807, 2.05) is 18.2 Å². The zero-order valence-electron chi connectivity index (χ0n) is 10.8. The molecule has 3 nitrogen and oxygen atoms in total. The van der Waals surface area contributed by atoms with Crippen LogP contribution in [0.1, 0.15) is 25.5 Å². The molecule has 1 N–H and O–H groups in total. The van der Waals surface area contributed by atoms with E-state index in [9.17, 15) is 0 Å². The lowest BCUT2D eigenvalue weighted by molar-refractivity contribution is 0.673. The SMILES string of the molecule is C=CCN(CC)c1ccc(Cl)c(CNC2CC2)n1. The van der Waals surface area contributed by atoms with Crippen molar-refractivity contribution in [1.29, 1.82) is 0 Å². The lowest BCUT2D eigenvalue weighted by Gasteiger charge is -2.21. The summed E-state index contributed by atoms with van der Waals surface area (Å²) in [5, 5.41) is 4.18. The molecule has 0 bridgehead atoms. The van der Waals surface area contributed by atoms with Crippen LogP contribution >= 0.6 is 11.6 Å². The van der Waals surface area contributed by atoms with Gasteiger partial charge in [-0.1, -0.05) is 17.7 Å². The smallest absolute Gasteiger partial charge is 0.129 e. The minimum Gasteiger partial charge on any atom is -0.353 e. The fourth-order valence-corrected chi connectivity index (χ4v) is 2.01. The number of aromatic nitrogens is 1. The van der Waals surface area contributed by atoms with Crippen molar-refractivity contribution < 1.29 is 0 Å². The van der Waals surface area contributed by atoms with Crippen LogP contribution in [0.3, 0.4) is 0 Å². The van der Waals surface area contributed by atoms with E-state index in [0.29, 0.717) is 6.04 Å². The third kappa shape index (κ3) is 3.47. The highest BCUT2D eigenvalue weighted by Crippen LogP contribution is 2.22. The molecular weight excluding hydrogens is 246 g/mol. The minimum absolute atomic E-state index is 0.668. The van der Waals surface area contributed by atoms with Crippen molar-refractivity contribution in [1.82, 2.24) is 10.3 Å². The maximum absolute atomic E-state index is 6.18. The monoisotopic (exact) mass is 265 g/mol. The van der Waals surface area contributed by atoms with Gasteiger partial charge < -0.3 is 10.2 Å². The standard InChI is InChI=1S/C14H20ClN3/c1-3-9-18(4-2)14-8-7-12(15)13(17-14)10-16-11-5-6-11/h3,7-8,11,16H,1,4-6,9-10H2,2H3. The number of anilines is 1. The lowest BCUT2D eigenvalue weighted by Crippen LogP contribution is -2.24. The van der Waals surface area contributed by atoms with Crippen molar-refractivity contribution in [2.24, 2.45) is 0 Å². The summed E-state index contributed by atoms with van der Waals surface area (Å²) >= 11 is 6.18. The summed E-state index contributed by atoms with van der Waals surface area (Å²) in [6.45, 7) is 8.36. The Balaban J connectivity index is 2.09. The van der Waals surface area contributed by atoms with E-state index in [1.165, 1.54) is 12.8 Å². The largest absolute Gasteiger partial charge is 0.353 e. The summed E-state index contributed by atoms with van der Waals surface area (Å²) in [6, 6.07) is 4.57. The van der Waals surface area contributed by atoms with Crippen molar-refractivity contribution in [2.45, 2.75) is 32.4 Å². The van der Waals surface area contributed by atoms with Crippen LogP contribution in [0.25, 0.3) is 0 Å². The molecule has 1 aliphatic rings. The number of nitrogens with zero attached hydrogens (tertiary/aromatic N) is 2. The number of hydrogen-bond donors (Lipinski definition) is 1. The Morgan fingerprint density at radius 1 is 1.56 bits per heavy atom. The Kier molecular flexibility index (Phi) is 4.61. The maximum Gasteiger partial charge on any atom is 0.129 e. The molecule has 0 radical (unpaired) electrons. The Morgan fingerprint density at radius 3 is 2.94 bits per heavy atom. The summed E-state index contributed by atoms with van der Waals surface area (Å²) in [4.78, 5) is 6.82. The van der Waals surface area contributed by atoms with Crippen molar-refractivity contribution in [3.63, 3.8) is 0 Å². The van der Waals surface area contributed by atoms with Crippen LogP contribution in [0.15, 0.2) is 24.8 Å². The highest BCUT2D eigenvalue weighted by Gasteiger charge is 2.20. The van der Waals surface area contributed by atoms with Gasteiger partial charge in [0.1, 0.15) is 5.82 Å². The number of rotatable bonds is 7. The Morgan fingerprint density at radius 2 is 2.33 bits per heavy atom. The Labute approximate surface area is 114 Å². The number of pyridine rings is 1. The molecule has 0 amide bonds. The van der Waals surface area contributed by atoms with Gasteiger partial charge in [0.25, 0.3) is 0 Å². The number of halogens is 1. The predicted octanol–water partition coefficient (Wildman–Crippen LogP) is 3.00. The molecule has 0 aromatic carbocycles. The molecule has 0 saturated heterocycles. The van der Waals surface area contributed by atoms with Crippen LogP contribution in [-0.2, 0) is 6.54 Å². The molecule has 1 saturated carbocycles. The topological polar surface area (TPSA) is 28.2 Å². The van der Waals surface area contributed by atoms with Gasteiger partial charge in [0.05, 0.1) is 10.7 Å². The van der Waals surface area contributed by atoms with E-state index in [4.69, 9.17) is 11.6 Å². The molecule has 0 atom stereocenters. The van der Waals surface area contributed by atoms with Crippen LogP contribution in [0.5, 0.6) is 0 Å².